The molecule has 1 amide bonds. The molecule has 1 aliphatic heterocycles. The van der Waals surface area contributed by atoms with Crippen LogP contribution in [0.25, 0.3) is 4.96 Å². The normalized spacial score (nSPS) is 17.6. The number of anilines is 2. The van der Waals surface area contributed by atoms with Gasteiger partial charge in [-0.1, -0.05) is 29.0 Å². The van der Waals surface area contributed by atoms with Crippen molar-refractivity contribution < 1.29 is 4.79 Å². The van der Waals surface area contributed by atoms with Crippen LogP contribution in [-0.4, -0.2) is 33.1 Å². The van der Waals surface area contributed by atoms with Gasteiger partial charge in [0, 0.05) is 29.5 Å². The van der Waals surface area contributed by atoms with E-state index in [-0.39, 0.29) is 17.5 Å². The van der Waals surface area contributed by atoms with Gasteiger partial charge in [-0.25, -0.2) is 4.98 Å². The molecule has 1 aromatic carbocycles. The first kappa shape index (κ1) is 15.1. The summed E-state index contributed by atoms with van der Waals surface area (Å²) in [7, 11) is 0. The molecule has 0 bridgehead atoms. The molecule has 3 aromatic rings. The van der Waals surface area contributed by atoms with Crippen molar-refractivity contribution in [2.24, 2.45) is 0 Å². The molecule has 0 saturated carbocycles. The molecule has 1 saturated heterocycles. The van der Waals surface area contributed by atoms with E-state index in [1.807, 2.05) is 12.1 Å². The highest BCUT2D eigenvalue weighted by molar-refractivity contribution is 7.20. The number of nitrogens with zero attached hydrogens (tertiary/aromatic N) is 4. The van der Waals surface area contributed by atoms with Gasteiger partial charge in [-0.15, -0.1) is 5.10 Å². The number of benzene rings is 1. The Bertz CT molecular complexity index is 985. The van der Waals surface area contributed by atoms with Crippen LogP contribution in [0.4, 0.5) is 10.8 Å². The zero-order valence-electron chi connectivity index (χ0n) is 12.3. The largest absolute Gasteiger partial charge is 0.348 e. The van der Waals surface area contributed by atoms with E-state index in [0.717, 1.165) is 5.69 Å². The van der Waals surface area contributed by atoms with E-state index in [9.17, 15) is 9.59 Å². The average molecular weight is 362 g/mol. The lowest BCUT2D eigenvalue weighted by Gasteiger charge is -2.17. The average Bonchev–Trinajstić information content (AvgIpc) is 3.13. The van der Waals surface area contributed by atoms with E-state index in [0.29, 0.717) is 28.1 Å². The van der Waals surface area contributed by atoms with Gasteiger partial charge in [-0.3, -0.25) is 9.59 Å². The minimum atomic E-state index is -0.389. The number of hydrogen-bond acceptors (Lipinski definition) is 6. The monoisotopic (exact) mass is 361 g/mol. The third-order valence-electron chi connectivity index (χ3n) is 3.79. The number of fused-ring (bicyclic) bond motifs is 1. The Morgan fingerprint density at radius 3 is 2.96 bits per heavy atom. The first-order valence-corrected chi connectivity index (χ1v) is 8.49. The maximum absolute atomic E-state index is 12.6. The van der Waals surface area contributed by atoms with Gasteiger partial charge in [0.05, 0.1) is 0 Å². The molecule has 122 valence electrons. The van der Waals surface area contributed by atoms with Crippen LogP contribution in [-0.2, 0) is 4.79 Å². The van der Waals surface area contributed by atoms with Gasteiger partial charge in [0.1, 0.15) is 6.04 Å². The van der Waals surface area contributed by atoms with Crippen LogP contribution in [0.5, 0.6) is 0 Å². The van der Waals surface area contributed by atoms with E-state index in [4.69, 9.17) is 11.6 Å². The van der Waals surface area contributed by atoms with Gasteiger partial charge in [0.25, 0.3) is 5.56 Å². The summed E-state index contributed by atoms with van der Waals surface area (Å²) < 4.78 is 1.22. The van der Waals surface area contributed by atoms with Crippen LogP contribution in [0.1, 0.15) is 6.42 Å². The van der Waals surface area contributed by atoms with Crippen molar-refractivity contribution in [1.82, 2.24) is 14.6 Å². The summed E-state index contributed by atoms with van der Waals surface area (Å²) >= 11 is 7.23. The summed E-state index contributed by atoms with van der Waals surface area (Å²) in [6.45, 7) is 0.597. The van der Waals surface area contributed by atoms with Crippen LogP contribution in [0, 0.1) is 0 Å². The molecule has 4 rings (SSSR count). The fourth-order valence-electron chi connectivity index (χ4n) is 2.67. The number of rotatable bonds is 3. The van der Waals surface area contributed by atoms with E-state index in [1.165, 1.54) is 28.1 Å². The van der Waals surface area contributed by atoms with Gasteiger partial charge in [-0.05, 0) is 24.6 Å². The molecule has 0 aliphatic carbocycles. The van der Waals surface area contributed by atoms with E-state index in [2.05, 4.69) is 15.4 Å². The molecular formula is C15H12ClN5O2S. The molecule has 0 spiro atoms. The topological polar surface area (TPSA) is 79.6 Å². The predicted octanol–water partition coefficient (Wildman–Crippen LogP) is 2.02. The summed E-state index contributed by atoms with van der Waals surface area (Å²) in [4.78, 5) is 30.6. The van der Waals surface area contributed by atoms with Gasteiger partial charge in [0.15, 0.2) is 0 Å². The minimum absolute atomic E-state index is 0.0446. The molecular weight excluding hydrogens is 350 g/mol. The predicted molar refractivity (Wildman–Crippen MR) is 93.0 cm³/mol. The third kappa shape index (κ3) is 2.63. The molecule has 24 heavy (non-hydrogen) atoms. The second-order valence-corrected chi connectivity index (χ2v) is 6.73. The van der Waals surface area contributed by atoms with E-state index < -0.39 is 0 Å². The number of carbonyl (C=O) groups is 1. The lowest BCUT2D eigenvalue weighted by Crippen LogP contribution is -2.33. The Hall–Kier alpha value is -2.45. The molecule has 1 atom stereocenters. The molecule has 0 radical (unpaired) electrons. The Morgan fingerprint density at radius 1 is 1.29 bits per heavy atom. The molecule has 1 aliphatic rings. The molecule has 2 aromatic heterocycles. The molecule has 1 N–H and O–H groups in total. The number of halogens is 1. The Morgan fingerprint density at radius 2 is 2.17 bits per heavy atom. The van der Waals surface area contributed by atoms with Crippen molar-refractivity contribution in [3.63, 3.8) is 0 Å². The van der Waals surface area contributed by atoms with Gasteiger partial charge in [-0.2, -0.15) is 4.52 Å². The third-order valence-corrected chi connectivity index (χ3v) is 4.88. The molecule has 7 nitrogen and oxygen atoms in total. The zero-order chi connectivity index (χ0) is 16.7. The van der Waals surface area contributed by atoms with Gasteiger partial charge < -0.3 is 10.2 Å². The smallest absolute Gasteiger partial charge is 0.275 e. The maximum Gasteiger partial charge on any atom is 0.275 e. The number of carbonyl (C=O) groups excluding carboxylic acids is 1. The van der Waals surface area contributed by atoms with Crippen molar-refractivity contribution in [2.45, 2.75) is 12.5 Å². The first-order valence-electron chi connectivity index (χ1n) is 7.30. The van der Waals surface area contributed by atoms with Crippen LogP contribution in [0.2, 0.25) is 5.02 Å². The highest BCUT2D eigenvalue weighted by atomic mass is 35.5. The summed E-state index contributed by atoms with van der Waals surface area (Å²) in [5.41, 5.74) is 0.529. The van der Waals surface area contributed by atoms with Crippen molar-refractivity contribution >= 4 is 44.6 Å². The van der Waals surface area contributed by atoms with Crippen LogP contribution >= 0.6 is 22.9 Å². The number of amides is 1. The quantitative estimate of drug-likeness (QED) is 0.772. The second-order valence-electron chi connectivity index (χ2n) is 5.34. The lowest BCUT2D eigenvalue weighted by atomic mass is 10.2. The summed E-state index contributed by atoms with van der Waals surface area (Å²) in [6, 6.07) is 8.17. The number of hydrogen-bond donors (Lipinski definition) is 1. The van der Waals surface area contributed by atoms with Crippen LogP contribution in [0.3, 0.4) is 0 Å². The lowest BCUT2D eigenvalue weighted by molar-refractivity contribution is -0.117. The van der Waals surface area contributed by atoms with Crippen molar-refractivity contribution in [3.8, 4) is 0 Å². The van der Waals surface area contributed by atoms with Crippen molar-refractivity contribution in [1.29, 1.82) is 0 Å². The van der Waals surface area contributed by atoms with Crippen LogP contribution < -0.4 is 15.8 Å². The highest BCUT2D eigenvalue weighted by Crippen LogP contribution is 2.26. The van der Waals surface area contributed by atoms with E-state index >= 15 is 0 Å². The SMILES string of the molecule is O=C1C(Nc2nn3c(=O)ccnc3s2)CCN1c1cccc(Cl)c1. The molecule has 3 heterocycles. The van der Waals surface area contributed by atoms with E-state index in [1.54, 1.807) is 17.0 Å². The molecule has 9 heteroatoms. The highest BCUT2D eigenvalue weighted by Gasteiger charge is 2.33. The Balaban J connectivity index is 1.56. The van der Waals surface area contributed by atoms with Crippen molar-refractivity contribution in [2.75, 3.05) is 16.8 Å². The second kappa shape index (κ2) is 5.88. The standard InChI is InChI=1S/C15H12ClN5O2S/c16-9-2-1-3-10(8-9)20-7-5-11(13(20)23)18-14-19-21-12(22)4-6-17-15(21)24-14/h1-4,6,8,11H,5,7H2,(H,18,19). The summed E-state index contributed by atoms with van der Waals surface area (Å²) in [5.74, 6) is -0.0446. The summed E-state index contributed by atoms with van der Waals surface area (Å²) in [5, 5.41) is 8.37. The first-order chi connectivity index (χ1) is 11.6. The maximum atomic E-state index is 12.6. The fourth-order valence-corrected chi connectivity index (χ4v) is 3.68. The van der Waals surface area contributed by atoms with Gasteiger partial charge >= 0.3 is 0 Å². The summed E-state index contributed by atoms with van der Waals surface area (Å²) in [6.07, 6.45) is 2.09. The Kier molecular flexibility index (Phi) is 3.70. The zero-order valence-corrected chi connectivity index (χ0v) is 13.9. The minimum Gasteiger partial charge on any atom is -0.348 e. The Labute approximate surface area is 145 Å². The number of nitrogens with one attached hydrogen (secondary N) is 1. The molecule has 1 unspecified atom stereocenters. The van der Waals surface area contributed by atoms with Crippen molar-refractivity contribution in [3.05, 3.63) is 51.9 Å². The van der Waals surface area contributed by atoms with Crippen LogP contribution in [0.15, 0.2) is 41.3 Å². The number of aromatic nitrogens is 3. The molecule has 1 fully saturated rings. The fraction of sp³-hybridized carbons (Fsp3) is 0.200. The van der Waals surface area contributed by atoms with Gasteiger partial charge in [0.2, 0.25) is 16.0 Å².